The van der Waals surface area contributed by atoms with Crippen molar-refractivity contribution in [1.29, 1.82) is 0 Å². The number of hydrogen-bond acceptors (Lipinski definition) is 3. The molecule has 1 atom stereocenters. The van der Waals surface area contributed by atoms with Gasteiger partial charge in [0.2, 0.25) is 6.79 Å². The van der Waals surface area contributed by atoms with Crippen LogP contribution in [0.3, 0.4) is 0 Å². The van der Waals surface area contributed by atoms with Crippen LogP contribution in [0.2, 0.25) is 0 Å². The molecule has 5 heteroatoms. The SMILES string of the molecule is CC(CN)c1cc(C(F)F)cc2c1OCO2. The Hall–Kier alpha value is -1.36. The summed E-state index contributed by atoms with van der Waals surface area (Å²) in [6.07, 6.45) is -2.52. The fraction of sp³-hybridized carbons (Fsp3) is 0.455. The molecular weight excluding hydrogens is 216 g/mol. The number of hydrogen-bond donors (Lipinski definition) is 1. The largest absolute Gasteiger partial charge is 0.454 e. The maximum atomic E-state index is 12.7. The molecule has 0 bridgehead atoms. The zero-order valence-corrected chi connectivity index (χ0v) is 8.87. The van der Waals surface area contributed by atoms with Crippen molar-refractivity contribution in [2.24, 2.45) is 5.73 Å². The Morgan fingerprint density at radius 1 is 1.38 bits per heavy atom. The molecule has 0 aromatic heterocycles. The zero-order chi connectivity index (χ0) is 11.7. The lowest BCUT2D eigenvalue weighted by atomic mass is 9.97. The second kappa shape index (κ2) is 4.25. The minimum absolute atomic E-state index is 0.0332. The van der Waals surface area contributed by atoms with E-state index >= 15 is 0 Å². The van der Waals surface area contributed by atoms with E-state index in [2.05, 4.69) is 0 Å². The highest BCUT2D eigenvalue weighted by atomic mass is 19.3. The average Bonchev–Trinajstić information content (AvgIpc) is 2.74. The average molecular weight is 229 g/mol. The highest BCUT2D eigenvalue weighted by molar-refractivity contribution is 5.52. The van der Waals surface area contributed by atoms with Gasteiger partial charge in [0, 0.05) is 11.1 Å². The normalized spacial score (nSPS) is 15.6. The Kier molecular flexibility index (Phi) is 2.96. The molecule has 3 nitrogen and oxygen atoms in total. The van der Waals surface area contributed by atoms with Gasteiger partial charge in [-0.1, -0.05) is 6.92 Å². The van der Waals surface area contributed by atoms with Crippen molar-refractivity contribution in [3.63, 3.8) is 0 Å². The number of nitrogens with two attached hydrogens (primary N) is 1. The van der Waals surface area contributed by atoms with E-state index in [0.29, 0.717) is 23.6 Å². The van der Waals surface area contributed by atoms with Crippen molar-refractivity contribution in [2.75, 3.05) is 13.3 Å². The van der Waals surface area contributed by atoms with Gasteiger partial charge in [-0.25, -0.2) is 8.78 Å². The topological polar surface area (TPSA) is 44.5 Å². The lowest BCUT2D eigenvalue weighted by Gasteiger charge is -2.13. The molecule has 2 N–H and O–H groups in total. The minimum Gasteiger partial charge on any atom is -0.454 e. The summed E-state index contributed by atoms with van der Waals surface area (Å²) in [6.45, 7) is 2.32. The van der Waals surface area contributed by atoms with Crippen LogP contribution >= 0.6 is 0 Å². The van der Waals surface area contributed by atoms with Gasteiger partial charge in [-0.15, -0.1) is 0 Å². The third-order valence-corrected chi connectivity index (χ3v) is 2.66. The van der Waals surface area contributed by atoms with Crippen LogP contribution in [0.5, 0.6) is 11.5 Å². The first kappa shape index (κ1) is 11.1. The number of benzene rings is 1. The smallest absolute Gasteiger partial charge is 0.263 e. The Morgan fingerprint density at radius 2 is 2.12 bits per heavy atom. The molecule has 1 aromatic carbocycles. The van der Waals surface area contributed by atoms with Crippen molar-refractivity contribution in [1.82, 2.24) is 0 Å². The van der Waals surface area contributed by atoms with E-state index in [1.54, 1.807) is 0 Å². The number of ether oxygens (including phenoxy) is 2. The van der Waals surface area contributed by atoms with Gasteiger partial charge >= 0.3 is 0 Å². The predicted molar refractivity (Wildman–Crippen MR) is 55.0 cm³/mol. The molecule has 2 rings (SSSR count). The van der Waals surface area contributed by atoms with Gasteiger partial charge < -0.3 is 15.2 Å². The zero-order valence-electron chi connectivity index (χ0n) is 8.87. The van der Waals surface area contributed by atoms with E-state index in [9.17, 15) is 8.78 Å². The number of rotatable bonds is 3. The summed E-state index contributed by atoms with van der Waals surface area (Å²) < 4.78 is 35.7. The molecule has 0 saturated heterocycles. The second-order valence-electron chi connectivity index (χ2n) is 3.78. The fourth-order valence-corrected chi connectivity index (χ4v) is 1.68. The summed E-state index contributed by atoms with van der Waals surface area (Å²) in [5.74, 6) is 0.893. The standard InChI is InChI=1S/C11H13F2NO2/c1-6(4-14)8-2-7(11(12)13)3-9-10(8)16-5-15-9/h2-3,6,11H,4-5,14H2,1H3. The second-order valence-corrected chi connectivity index (χ2v) is 3.78. The van der Waals surface area contributed by atoms with E-state index in [1.807, 2.05) is 6.92 Å². The number of fused-ring (bicyclic) bond motifs is 1. The summed E-state index contributed by atoms with van der Waals surface area (Å²) in [4.78, 5) is 0. The highest BCUT2D eigenvalue weighted by Gasteiger charge is 2.24. The molecule has 1 unspecified atom stereocenters. The summed E-state index contributed by atoms with van der Waals surface area (Å²) in [5.41, 5.74) is 6.17. The van der Waals surface area contributed by atoms with Gasteiger partial charge in [-0.2, -0.15) is 0 Å². The maximum Gasteiger partial charge on any atom is 0.263 e. The van der Waals surface area contributed by atoms with E-state index in [0.717, 1.165) is 0 Å². The molecule has 1 aliphatic rings. The Morgan fingerprint density at radius 3 is 2.75 bits per heavy atom. The van der Waals surface area contributed by atoms with E-state index in [4.69, 9.17) is 15.2 Å². The Labute approximate surface area is 92.1 Å². The monoisotopic (exact) mass is 229 g/mol. The molecule has 0 aliphatic carbocycles. The van der Waals surface area contributed by atoms with Crippen LogP contribution in [0.1, 0.15) is 30.4 Å². The molecule has 16 heavy (non-hydrogen) atoms. The first-order chi connectivity index (χ1) is 7.63. The van der Waals surface area contributed by atoms with Crippen molar-refractivity contribution in [3.8, 4) is 11.5 Å². The van der Waals surface area contributed by atoms with Crippen LogP contribution in [0, 0.1) is 0 Å². The van der Waals surface area contributed by atoms with Gasteiger partial charge in [-0.05, 0) is 24.6 Å². The maximum absolute atomic E-state index is 12.7. The first-order valence-corrected chi connectivity index (χ1v) is 5.05. The summed E-state index contributed by atoms with van der Waals surface area (Å²) in [5, 5.41) is 0. The van der Waals surface area contributed by atoms with E-state index in [1.165, 1.54) is 12.1 Å². The van der Waals surface area contributed by atoms with Crippen LogP contribution in [0.25, 0.3) is 0 Å². The van der Waals surface area contributed by atoms with Gasteiger partial charge in [0.05, 0.1) is 0 Å². The quantitative estimate of drug-likeness (QED) is 0.865. The van der Waals surface area contributed by atoms with Crippen molar-refractivity contribution in [3.05, 3.63) is 23.3 Å². The molecule has 88 valence electrons. The molecule has 0 radical (unpaired) electrons. The molecule has 0 saturated carbocycles. The van der Waals surface area contributed by atoms with Crippen molar-refractivity contribution >= 4 is 0 Å². The van der Waals surface area contributed by atoms with Crippen LogP contribution in [-0.2, 0) is 0 Å². The predicted octanol–water partition coefficient (Wildman–Crippen LogP) is 2.42. The van der Waals surface area contributed by atoms with Gasteiger partial charge in [0.15, 0.2) is 11.5 Å². The molecule has 0 spiro atoms. The van der Waals surface area contributed by atoms with Gasteiger partial charge in [0.1, 0.15) is 0 Å². The Bertz CT molecular complexity index is 396. The number of alkyl halides is 2. The summed E-state index contributed by atoms with van der Waals surface area (Å²) in [7, 11) is 0. The molecule has 1 aliphatic heterocycles. The lowest BCUT2D eigenvalue weighted by molar-refractivity contribution is 0.150. The third kappa shape index (κ3) is 1.82. The Balaban J connectivity index is 2.49. The van der Waals surface area contributed by atoms with Gasteiger partial charge in [-0.3, -0.25) is 0 Å². The van der Waals surface area contributed by atoms with Gasteiger partial charge in [0.25, 0.3) is 6.43 Å². The van der Waals surface area contributed by atoms with Crippen LogP contribution in [0.15, 0.2) is 12.1 Å². The lowest BCUT2D eigenvalue weighted by Crippen LogP contribution is -2.10. The van der Waals surface area contributed by atoms with Crippen LogP contribution in [0.4, 0.5) is 8.78 Å². The van der Waals surface area contributed by atoms with Crippen LogP contribution < -0.4 is 15.2 Å². The third-order valence-electron chi connectivity index (χ3n) is 2.66. The fourth-order valence-electron chi connectivity index (χ4n) is 1.68. The molecule has 1 aromatic rings. The number of halogens is 2. The molecule has 1 heterocycles. The minimum atomic E-state index is -2.52. The van der Waals surface area contributed by atoms with Crippen molar-refractivity contribution < 1.29 is 18.3 Å². The first-order valence-electron chi connectivity index (χ1n) is 5.05. The van der Waals surface area contributed by atoms with Crippen molar-refractivity contribution in [2.45, 2.75) is 19.3 Å². The summed E-state index contributed by atoms with van der Waals surface area (Å²) in [6, 6.07) is 2.76. The van der Waals surface area contributed by atoms with E-state index < -0.39 is 6.43 Å². The van der Waals surface area contributed by atoms with E-state index in [-0.39, 0.29) is 18.3 Å². The molecular formula is C11H13F2NO2. The molecule has 0 amide bonds. The summed E-state index contributed by atoms with van der Waals surface area (Å²) >= 11 is 0. The highest BCUT2D eigenvalue weighted by Crippen LogP contribution is 2.41. The van der Waals surface area contributed by atoms with Crippen LogP contribution in [-0.4, -0.2) is 13.3 Å². The molecule has 0 fully saturated rings.